The molecule has 0 bridgehead atoms. The van der Waals surface area contributed by atoms with Crippen molar-refractivity contribution in [1.29, 1.82) is 0 Å². The van der Waals surface area contributed by atoms with Gasteiger partial charge in [-0.05, 0) is 67.8 Å². The number of anilines is 2. The summed E-state index contributed by atoms with van der Waals surface area (Å²) in [7, 11) is 1.57. The summed E-state index contributed by atoms with van der Waals surface area (Å²) in [4.78, 5) is 60.5. The van der Waals surface area contributed by atoms with E-state index in [-0.39, 0.29) is 17.5 Å². The van der Waals surface area contributed by atoms with Crippen LogP contribution < -0.4 is 20.3 Å². The summed E-state index contributed by atoms with van der Waals surface area (Å²) in [6.45, 7) is 1.10. The Balaban J connectivity index is 0.000000446. The molecule has 1 saturated heterocycles. The molecule has 0 saturated carbocycles. The van der Waals surface area contributed by atoms with Crippen LogP contribution in [0.5, 0.6) is 5.75 Å². The van der Waals surface area contributed by atoms with E-state index in [1.54, 1.807) is 41.2 Å². The molecule has 1 aromatic heterocycles. The Hall–Kier alpha value is -5.46. The molecule has 2 aliphatic rings. The summed E-state index contributed by atoms with van der Waals surface area (Å²) in [6.07, 6.45) is 4.03. The molecule has 13 heteroatoms. The smallest absolute Gasteiger partial charge is 0.328 e. The second kappa shape index (κ2) is 12.8. The van der Waals surface area contributed by atoms with Crippen molar-refractivity contribution >= 4 is 41.0 Å². The minimum absolute atomic E-state index is 0.109. The second-order valence-electron chi connectivity index (χ2n) is 9.39. The molecule has 0 radical (unpaired) electrons. The van der Waals surface area contributed by atoms with Crippen LogP contribution in [-0.4, -0.2) is 69.9 Å². The van der Waals surface area contributed by atoms with Crippen molar-refractivity contribution in [2.45, 2.75) is 25.7 Å². The zero-order valence-corrected chi connectivity index (χ0v) is 22.7. The highest BCUT2D eigenvalue weighted by atomic mass is 16.5. The topological polar surface area (TPSA) is 185 Å². The maximum Gasteiger partial charge on any atom is 0.328 e. The predicted octanol–water partition coefficient (Wildman–Crippen LogP) is 2.41. The van der Waals surface area contributed by atoms with Crippen molar-refractivity contribution in [3.63, 3.8) is 0 Å². The highest BCUT2D eigenvalue weighted by Gasteiger charge is 2.34. The number of nitrogens with two attached hydrogens (primary N) is 1. The largest absolute Gasteiger partial charge is 0.497 e. The molecular weight excluding hydrogens is 546 g/mol. The van der Waals surface area contributed by atoms with Gasteiger partial charge < -0.3 is 30.5 Å². The van der Waals surface area contributed by atoms with E-state index in [4.69, 9.17) is 20.7 Å². The van der Waals surface area contributed by atoms with E-state index >= 15 is 0 Å². The number of benzene rings is 2. The Kier molecular flexibility index (Phi) is 9.00. The van der Waals surface area contributed by atoms with E-state index in [0.29, 0.717) is 66.5 Å². The number of fused-ring (bicyclic) bond motifs is 1. The Morgan fingerprint density at radius 2 is 1.40 bits per heavy atom. The SMILES string of the molecule is COc1ccc(-n2nc(C(N)=O)c3c2C(=O)N(c2ccc(N4CCCCC4=O)cc2)CC3)cc1.O=C(O)/C=C/C(=O)O. The first-order valence-electron chi connectivity index (χ1n) is 13.0. The van der Waals surface area contributed by atoms with Crippen LogP contribution in [0, 0.1) is 0 Å². The van der Waals surface area contributed by atoms with Crippen molar-refractivity contribution in [1.82, 2.24) is 9.78 Å². The minimum atomic E-state index is -1.26. The summed E-state index contributed by atoms with van der Waals surface area (Å²) < 4.78 is 6.69. The number of carbonyl (C=O) groups is 5. The number of aliphatic carboxylic acids is 2. The van der Waals surface area contributed by atoms with E-state index in [1.807, 2.05) is 24.3 Å². The zero-order chi connectivity index (χ0) is 30.4. The summed E-state index contributed by atoms with van der Waals surface area (Å²) >= 11 is 0. The lowest BCUT2D eigenvalue weighted by Gasteiger charge is -2.29. The average molecular weight is 576 g/mol. The number of nitrogens with zero attached hydrogens (tertiary/aromatic N) is 4. The molecule has 13 nitrogen and oxygen atoms in total. The normalized spacial score (nSPS) is 14.7. The van der Waals surface area contributed by atoms with E-state index < -0.39 is 17.8 Å². The number of hydrogen-bond donors (Lipinski definition) is 3. The van der Waals surface area contributed by atoms with Gasteiger partial charge in [0.15, 0.2) is 5.69 Å². The van der Waals surface area contributed by atoms with Gasteiger partial charge in [-0.15, -0.1) is 0 Å². The number of carboxylic acid groups (broad SMARTS) is 2. The number of ether oxygens (including phenoxy) is 1. The molecule has 2 aromatic carbocycles. The van der Waals surface area contributed by atoms with Gasteiger partial charge in [0.05, 0.1) is 12.8 Å². The van der Waals surface area contributed by atoms with Crippen molar-refractivity contribution in [2.75, 3.05) is 30.0 Å². The monoisotopic (exact) mass is 575 g/mol. The molecule has 0 aliphatic carbocycles. The van der Waals surface area contributed by atoms with E-state index in [1.165, 1.54) is 4.68 Å². The van der Waals surface area contributed by atoms with Gasteiger partial charge in [-0.3, -0.25) is 14.4 Å². The lowest BCUT2D eigenvalue weighted by molar-refractivity contribution is -0.134. The van der Waals surface area contributed by atoms with Gasteiger partial charge in [-0.25, -0.2) is 14.3 Å². The fraction of sp³-hybridized carbons (Fsp3) is 0.241. The first kappa shape index (κ1) is 29.5. The number of piperidine rings is 1. The number of rotatable bonds is 7. The molecule has 218 valence electrons. The third-order valence-corrected chi connectivity index (χ3v) is 6.73. The molecule has 3 amide bonds. The van der Waals surface area contributed by atoms with Crippen LogP contribution in [0.2, 0.25) is 0 Å². The Labute approximate surface area is 240 Å². The highest BCUT2D eigenvalue weighted by Crippen LogP contribution is 2.31. The summed E-state index contributed by atoms with van der Waals surface area (Å²) in [5.74, 6) is -2.65. The van der Waals surface area contributed by atoms with Gasteiger partial charge in [0.25, 0.3) is 11.8 Å². The molecule has 3 heterocycles. The summed E-state index contributed by atoms with van der Waals surface area (Å²) in [5, 5.41) is 20.0. The Morgan fingerprint density at radius 3 is 1.93 bits per heavy atom. The maximum atomic E-state index is 13.6. The number of primary amides is 1. The molecule has 42 heavy (non-hydrogen) atoms. The van der Waals surface area contributed by atoms with E-state index in [0.717, 1.165) is 18.5 Å². The fourth-order valence-corrected chi connectivity index (χ4v) is 4.75. The van der Waals surface area contributed by atoms with Crippen molar-refractivity contribution in [3.05, 3.63) is 77.6 Å². The van der Waals surface area contributed by atoms with Crippen LogP contribution in [-0.2, 0) is 20.8 Å². The molecule has 0 unspecified atom stereocenters. The zero-order valence-electron chi connectivity index (χ0n) is 22.7. The van der Waals surface area contributed by atoms with Gasteiger partial charge in [-0.1, -0.05) is 0 Å². The number of hydrogen-bond acceptors (Lipinski definition) is 7. The third-order valence-electron chi connectivity index (χ3n) is 6.73. The number of carboxylic acids is 2. The molecule has 0 spiro atoms. The number of carbonyl (C=O) groups excluding carboxylic acids is 3. The molecule has 3 aromatic rings. The van der Waals surface area contributed by atoms with E-state index in [9.17, 15) is 24.0 Å². The van der Waals surface area contributed by atoms with Gasteiger partial charge in [0.2, 0.25) is 5.91 Å². The summed E-state index contributed by atoms with van der Waals surface area (Å²) in [6, 6.07) is 14.5. The first-order chi connectivity index (χ1) is 20.1. The lowest BCUT2D eigenvalue weighted by Crippen LogP contribution is -2.39. The fourth-order valence-electron chi connectivity index (χ4n) is 4.75. The molecule has 1 fully saturated rings. The Bertz CT molecular complexity index is 1530. The average Bonchev–Trinajstić information content (AvgIpc) is 3.38. The molecule has 2 aliphatic heterocycles. The van der Waals surface area contributed by atoms with Crippen LogP contribution in [0.3, 0.4) is 0 Å². The van der Waals surface area contributed by atoms with Gasteiger partial charge >= 0.3 is 11.9 Å². The standard InChI is InChI=1S/C25H25N5O4.C4H4O4/c1-34-19-11-9-18(10-12-19)30-23-20(22(27-30)24(26)32)13-15-29(25(23)33)17-7-5-16(6-8-17)28-14-3-2-4-21(28)31;5-3(6)1-2-4(7)8/h5-12H,2-4,13-15H2,1H3,(H2,26,32);1-2H,(H,5,6)(H,7,8)/b;2-1+. The number of aromatic nitrogens is 2. The number of methoxy groups -OCH3 is 1. The summed E-state index contributed by atoms with van der Waals surface area (Å²) in [5.41, 5.74) is 8.73. The maximum absolute atomic E-state index is 13.6. The lowest BCUT2D eigenvalue weighted by atomic mass is 10.0. The molecule has 4 N–H and O–H groups in total. The first-order valence-corrected chi connectivity index (χ1v) is 13.0. The molecular formula is C29H29N5O8. The number of amides is 3. The van der Waals surface area contributed by atoms with Gasteiger partial charge in [0.1, 0.15) is 11.4 Å². The van der Waals surface area contributed by atoms with Crippen molar-refractivity contribution in [2.24, 2.45) is 5.73 Å². The van der Waals surface area contributed by atoms with Gasteiger partial charge in [-0.2, -0.15) is 5.10 Å². The van der Waals surface area contributed by atoms with Crippen molar-refractivity contribution < 1.29 is 38.9 Å². The van der Waals surface area contributed by atoms with E-state index in [2.05, 4.69) is 5.10 Å². The van der Waals surface area contributed by atoms with Crippen LogP contribution in [0.15, 0.2) is 60.7 Å². The quantitative estimate of drug-likeness (QED) is 0.356. The van der Waals surface area contributed by atoms with Crippen molar-refractivity contribution in [3.8, 4) is 11.4 Å². The Morgan fingerprint density at radius 1 is 0.833 bits per heavy atom. The minimum Gasteiger partial charge on any atom is -0.497 e. The van der Waals surface area contributed by atoms with Gasteiger partial charge in [0, 0.05) is 48.6 Å². The van der Waals surface area contributed by atoms with Crippen LogP contribution in [0.4, 0.5) is 11.4 Å². The van der Waals surface area contributed by atoms with Crippen LogP contribution in [0.25, 0.3) is 5.69 Å². The second-order valence-corrected chi connectivity index (χ2v) is 9.39. The molecule has 0 atom stereocenters. The van der Waals surface area contributed by atoms with Crippen LogP contribution in [0.1, 0.15) is 45.8 Å². The predicted molar refractivity (Wildman–Crippen MR) is 151 cm³/mol. The highest BCUT2D eigenvalue weighted by molar-refractivity contribution is 6.09. The molecule has 5 rings (SSSR count). The van der Waals surface area contributed by atoms with Crippen LogP contribution >= 0.6 is 0 Å². The third kappa shape index (κ3) is 6.46.